The predicted octanol–water partition coefficient (Wildman–Crippen LogP) is 4.28. The van der Waals surface area contributed by atoms with Crippen molar-refractivity contribution in [2.24, 2.45) is 0 Å². The summed E-state index contributed by atoms with van der Waals surface area (Å²) in [6.45, 7) is 2.93. The monoisotopic (exact) mass is 316 g/mol. The zero-order chi connectivity index (χ0) is 16.7. The summed E-state index contributed by atoms with van der Waals surface area (Å²) in [7, 11) is 1.66. The van der Waals surface area contributed by atoms with Gasteiger partial charge in [0.1, 0.15) is 11.6 Å². The van der Waals surface area contributed by atoms with Gasteiger partial charge in [0.15, 0.2) is 0 Å². The Hall–Kier alpha value is -2.56. The second-order valence-electron chi connectivity index (χ2n) is 5.26. The molecule has 2 aromatic carbocycles. The maximum absolute atomic E-state index is 13.2. The van der Waals surface area contributed by atoms with Gasteiger partial charge in [0.05, 0.1) is 12.3 Å². The van der Waals surface area contributed by atoms with Crippen LogP contribution in [0.25, 0.3) is 0 Å². The number of amides is 2. The number of halogens is 1. The molecule has 0 aliphatic heterocycles. The third-order valence-corrected chi connectivity index (χ3v) is 3.25. The van der Waals surface area contributed by atoms with E-state index in [0.717, 1.165) is 12.0 Å². The van der Waals surface area contributed by atoms with Gasteiger partial charge in [-0.25, -0.2) is 9.18 Å². The summed E-state index contributed by atoms with van der Waals surface area (Å²) < 4.78 is 18.8. The molecule has 0 saturated carbocycles. The number of hydrogen-bond acceptors (Lipinski definition) is 2. The van der Waals surface area contributed by atoms with E-state index in [0.29, 0.717) is 24.6 Å². The van der Waals surface area contributed by atoms with Gasteiger partial charge in [-0.15, -0.1) is 0 Å². The molecule has 5 heteroatoms. The van der Waals surface area contributed by atoms with Crippen LogP contribution in [0.4, 0.5) is 14.9 Å². The molecule has 1 N–H and O–H groups in total. The quantitative estimate of drug-likeness (QED) is 0.864. The van der Waals surface area contributed by atoms with E-state index in [1.807, 2.05) is 25.1 Å². The molecule has 0 bridgehead atoms. The van der Waals surface area contributed by atoms with Gasteiger partial charge in [-0.05, 0) is 36.2 Å². The molecule has 0 saturated heterocycles. The van der Waals surface area contributed by atoms with E-state index in [2.05, 4.69) is 5.32 Å². The molecule has 23 heavy (non-hydrogen) atoms. The Bertz CT molecular complexity index is 661. The molecule has 0 aliphatic rings. The first-order valence-corrected chi connectivity index (χ1v) is 7.58. The second kappa shape index (κ2) is 8.17. The van der Waals surface area contributed by atoms with Gasteiger partial charge in [-0.3, -0.25) is 0 Å². The highest BCUT2D eigenvalue weighted by Crippen LogP contribution is 2.24. The van der Waals surface area contributed by atoms with Crippen molar-refractivity contribution in [2.45, 2.75) is 19.9 Å². The van der Waals surface area contributed by atoms with Crippen LogP contribution in [0.1, 0.15) is 18.9 Å². The van der Waals surface area contributed by atoms with Crippen molar-refractivity contribution in [3.8, 4) is 5.75 Å². The Morgan fingerprint density at radius 1 is 1.22 bits per heavy atom. The number of urea groups is 1. The van der Waals surface area contributed by atoms with Crippen molar-refractivity contribution in [2.75, 3.05) is 19.0 Å². The van der Waals surface area contributed by atoms with E-state index in [1.165, 1.54) is 17.0 Å². The van der Waals surface area contributed by atoms with Crippen LogP contribution in [0.3, 0.4) is 0 Å². The molecule has 2 amide bonds. The molecule has 0 radical (unpaired) electrons. The van der Waals surface area contributed by atoms with Crippen molar-refractivity contribution in [3.63, 3.8) is 0 Å². The molecule has 0 heterocycles. The number of nitrogens with one attached hydrogen (secondary N) is 1. The Balaban J connectivity index is 2.01. The molecule has 4 nitrogen and oxygen atoms in total. The van der Waals surface area contributed by atoms with Crippen LogP contribution in [0.5, 0.6) is 5.75 Å². The summed E-state index contributed by atoms with van der Waals surface area (Å²) in [4.78, 5) is 13.8. The summed E-state index contributed by atoms with van der Waals surface area (Å²) in [5, 5.41) is 2.82. The maximum atomic E-state index is 13.2. The number of rotatable bonds is 6. The Kier molecular flexibility index (Phi) is 5.97. The average molecular weight is 316 g/mol. The van der Waals surface area contributed by atoms with Gasteiger partial charge in [0.25, 0.3) is 0 Å². The summed E-state index contributed by atoms with van der Waals surface area (Å²) in [6.07, 6.45) is 0.891. The van der Waals surface area contributed by atoms with Gasteiger partial charge in [-0.2, -0.15) is 0 Å². The molecule has 122 valence electrons. The lowest BCUT2D eigenvalue weighted by Gasteiger charge is -2.19. The predicted molar refractivity (Wildman–Crippen MR) is 89.1 cm³/mol. The molecule has 0 aromatic heterocycles. The van der Waals surface area contributed by atoms with Gasteiger partial charge in [0.2, 0.25) is 0 Å². The number of para-hydroxylation sites is 2. The van der Waals surface area contributed by atoms with Crippen LogP contribution in [0.2, 0.25) is 0 Å². The van der Waals surface area contributed by atoms with Crippen molar-refractivity contribution in [3.05, 3.63) is 59.9 Å². The first-order valence-electron chi connectivity index (χ1n) is 7.58. The molecular weight excluding hydrogens is 295 g/mol. The number of ether oxygens (including phenoxy) is 1. The standard InChI is InChI=1S/C18H21FN2O2/c1-3-11-23-17-10-5-4-9-16(17)20-18(22)21(2)13-14-7-6-8-15(19)12-14/h4-10,12H,3,11,13H2,1-2H3,(H,20,22). The van der Waals surface area contributed by atoms with Crippen LogP contribution in [0, 0.1) is 5.82 Å². The highest BCUT2D eigenvalue weighted by atomic mass is 19.1. The van der Waals surface area contributed by atoms with Crippen LogP contribution in [-0.4, -0.2) is 24.6 Å². The minimum absolute atomic E-state index is 0.276. The van der Waals surface area contributed by atoms with E-state index in [1.54, 1.807) is 25.2 Å². The van der Waals surface area contributed by atoms with Gasteiger partial charge in [-0.1, -0.05) is 31.2 Å². The normalized spacial score (nSPS) is 10.2. The van der Waals surface area contributed by atoms with Crippen molar-refractivity contribution in [1.29, 1.82) is 0 Å². The Morgan fingerprint density at radius 2 is 2.00 bits per heavy atom. The molecule has 0 spiro atoms. The highest BCUT2D eigenvalue weighted by molar-refractivity contribution is 5.90. The zero-order valence-electron chi connectivity index (χ0n) is 13.4. The summed E-state index contributed by atoms with van der Waals surface area (Å²) in [6, 6.07) is 13.2. The lowest BCUT2D eigenvalue weighted by Crippen LogP contribution is -2.31. The molecule has 2 rings (SSSR count). The average Bonchev–Trinajstić information content (AvgIpc) is 2.54. The number of carbonyl (C=O) groups excluding carboxylic acids is 1. The van der Waals surface area contributed by atoms with Gasteiger partial charge >= 0.3 is 6.03 Å². The maximum Gasteiger partial charge on any atom is 0.321 e. The number of anilines is 1. The molecule has 0 aliphatic carbocycles. The summed E-state index contributed by atoms with van der Waals surface area (Å²) in [5.74, 6) is 0.330. The minimum atomic E-state index is -0.311. The molecule has 0 unspecified atom stereocenters. The van der Waals surface area contributed by atoms with E-state index < -0.39 is 0 Å². The fourth-order valence-electron chi connectivity index (χ4n) is 2.10. The third kappa shape index (κ3) is 4.98. The zero-order valence-corrected chi connectivity index (χ0v) is 13.4. The van der Waals surface area contributed by atoms with E-state index in [-0.39, 0.29) is 11.8 Å². The molecule has 2 aromatic rings. The Morgan fingerprint density at radius 3 is 2.74 bits per heavy atom. The summed E-state index contributed by atoms with van der Waals surface area (Å²) >= 11 is 0. The minimum Gasteiger partial charge on any atom is -0.491 e. The number of carbonyl (C=O) groups is 1. The fraction of sp³-hybridized carbons (Fsp3) is 0.278. The van der Waals surface area contributed by atoms with Crippen LogP contribution in [-0.2, 0) is 6.54 Å². The first-order chi connectivity index (χ1) is 11.1. The SMILES string of the molecule is CCCOc1ccccc1NC(=O)N(C)Cc1cccc(F)c1. The summed E-state index contributed by atoms with van der Waals surface area (Å²) in [5.41, 5.74) is 1.36. The lowest BCUT2D eigenvalue weighted by atomic mass is 10.2. The molecular formula is C18H21FN2O2. The third-order valence-electron chi connectivity index (χ3n) is 3.25. The largest absolute Gasteiger partial charge is 0.491 e. The van der Waals surface area contributed by atoms with E-state index >= 15 is 0 Å². The highest BCUT2D eigenvalue weighted by Gasteiger charge is 2.12. The lowest BCUT2D eigenvalue weighted by molar-refractivity contribution is 0.220. The van der Waals surface area contributed by atoms with Crippen LogP contribution >= 0.6 is 0 Å². The smallest absolute Gasteiger partial charge is 0.321 e. The van der Waals surface area contributed by atoms with Crippen molar-refractivity contribution in [1.82, 2.24) is 4.90 Å². The van der Waals surface area contributed by atoms with E-state index in [9.17, 15) is 9.18 Å². The van der Waals surface area contributed by atoms with Crippen LogP contribution in [0.15, 0.2) is 48.5 Å². The topological polar surface area (TPSA) is 41.6 Å². The van der Waals surface area contributed by atoms with E-state index in [4.69, 9.17) is 4.74 Å². The van der Waals surface area contributed by atoms with Gasteiger partial charge < -0.3 is 15.0 Å². The number of nitrogens with zero attached hydrogens (tertiary/aromatic N) is 1. The Labute approximate surface area is 135 Å². The molecule has 0 atom stereocenters. The van der Waals surface area contributed by atoms with Crippen molar-refractivity contribution >= 4 is 11.7 Å². The first kappa shape index (κ1) is 16.8. The fourth-order valence-corrected chi connectivity index (χ4v) is 2.10. The van der Waals surface area contributed by atoms with Crippen molar-refractivity contribution < 1.29 is 13.9 Å². The second-order valence-corrected chi connectivity index (χ2v) is 5.26. The molecule has 0 fully saturated rings. The number of hydrogen-bond donors (Lipinski definition) is 1. The van der Waals surface area contributed by atoms with Crippen LogP contribution < -0.4 is 10.1 Å². The van der Waals surface area contributed by atoms with Gasteiger partial charge in [0, 0.05) is 13.6 Å². The number of benzene rings is 2.